The second kappa shape index (κ2) is 6.80. The molecule has 0 aliphatic rings. The van der Waals surface area contributed by atoms with Crippen LogP contribution >= 0.6 is 0 Å². The van der Waals surface area contributed by atoms with Crippen LogP contribution in [0.15, 0.2) is 88.6 Å². The summed E-state index contributed by atoms with van der Waals surface area (Å²) < 4.78 is 1.56. The molecule has 5 heteroatoms. The number of phenolic OH excluding ortho intramolecular Hbond substituents is 1. The Labute approximate surface area is 155 Å². The van der Waals surface area contributed by atoms with Crippen LogP contribution in [0.5, 0.6) is 11.5 Å². The Morgan fingerprint density at radius 1 is 0.815 bits per heavy atom. The van der Waals surface area contributed by atoms with Crippen molar-refractivity contribution >= 4 is 22.8 Å². The summed E-state index contributed by atoms with van der Waals surface area (Å²) in [6.45, 7) is 0. The lowest BCUT2D eigenvalue weighted by molar-refractivity contribution is 0.475. The van der Waals surface area contributed by atoms with Crippen LogP contribution in [0.2, 0.25) is 0 Å². The standard InChI is InChI=1S/C22H16N2O3/c25-17-12-10-15(11-13-17)23-14-19-21(26)18-8-4-5-9-20(18)24(22(19)27)16-6-2-1-3-7-16/h1-14,25-26H. The molecule has 2 N–H and O–H groups in total. The predicted molar refractivity (Wildman–Crippen MR) is 107 cm³/mol. The number of fused-ring (bicyclic) bond motifs is 1. The van der Waals surface area contributed by atoms with Gasteiger partial charge in [0, 0.05) is 17.3 Å². The fourth-order valence-electron chi connectivity index (χ4n) is 2.97. The number of pyridine rings is 1. The summed E-state index contributed by atoms with van der Waals surface area (Å²) in [4.78, 5) is 17.4. The summed E-state index contributed by atoms with van der Waals surface area (Å²) in [6, 6.07) is 22.7. The first-order valence-corrected chi connectivity index (χ1v) is 8.40. The molecular weight excluding hydrogens is 340 g/mol. The zero-order valence-electron chi connectivity index (χ0n) is 14.3. The van der Waals surface area contributed by atoms with E-state index in [0.717, 1.165) is 0 Å². The van der Waals surface area contributed by atoms with E-state index in [1.165, 1.54) is 18.3 Å². The van der Waals surface area contributed by atoms with Gasteiger partial charge in [-0.1, -0.05) is 30.3 Å². The largest absolute Gasteiger partial charge is 0.508 e. The van der Waals surface area contributed by atoms with Crippen molar-refractivity contribution < 1.29 is 10.2 Å². The number of benzene rings is 3. The van der Waals surface area contributed by atoms with E-state index >= 15 is 0 Å². The molecule has 0 unspecified atom stereocenters. The van der Waals surface area contributed by atoms with E-state index in [0.29, 0.717) is 22.3 Å². The second-order valence-corrected chi connectivity index (χ2v) is 6.03. The first kappa shape index (κ1) is 16.6. The minimum atomic E-state index is -0.361. The fourth-order valence-corrected chi connectivity index (χ4v) is 2.97. The summed E-state index contributed by atoms with van der Waals surface area (Å²) >= 11 is 0. The Morgan fingerprint density at radius 2 is 1.48 bits per heavy atom. The van der Waals surface area contributed by atoms with Crippen LogP contribution in [0, 0.1) is 0 Å². The molecule has 0 aliphatic carbocycles. The molecule has 0 saturated carbocycles. The van der Waals surface area contributed by atoms with Crippen LogP contribution in [-0.2, 0) is 0 Å². The van der Waals surface area contributed by atoms with Gasteiger partial charge in [0.15, 0.2) is 0 Å². The summed E-state index contributed by atoms with van der Waals surface area (Å²) in [7, 11) is 0. The van der Waals surface area contributed by atoms with Crippen molar-refractivity contribution in [1.82, 2.24) is 4.57 Å². The van der Waals surface area contributed by atoms with Gasteiger partial charge < -0.3 is 10.2 Å². The van der Waals surface area contributed by atoms with Gasteiger partial charge in [0.05, 0.1) is 11.2 Å². The molecule has 5 nitrogen and oxygen atoms in total. The predicted octanol–water partition coefficient (Wildman–Crippen LogP) is 4.15. The van der Waals surface area contributed by atoms with Crippen molar-refractivity contribution in [3.63, 3.8) is 0 Å². The summed E-state index contributed by atoms with van der Waals surface area (Å²) in [5, 5.41) is 20.6. The number of phenols is 1. The highest BCUT2D eigenvalue weighted by Crippen LogP contribution is 2.27. The van der Waals surface area contributed by atoms with Gasteiger partial charge in [-0.25, -0.2) is 0 Å². The summed E-state index contributed by atoms with van der Waals surface area (Å²) in [6.07, 6.45) is 1.36. The highest BCUT2D eigenvalue weighted by atomic mass is 16.3. The van der Waals surface area contributed by atoms with Crippen molar-refractivity contribution in [3.05, 3.63) is 94.8 Å². The van der Waals surface area contributed by atoms with Gasteiger partial charge in [0.1, 0.15) is 17.1 Å². The van der Waals surface area contributed by atoms with Gasteiger partial charge in [-0.15, -0.1) is 0 Å². The van der Waals surface area contributed by atoms with E-state index in [-0.39, 0.29) is 22.6 Å². The summed E-state index contributed by atoms with van der Waals surface area (Å²) in [5.41, 5.74) is 1.63. The van der Waals surface area contributed by atoms with E-state index in [1.807, 2.05) is 42.5 Å². The number of nitrogens with zero attached hydrogens (tertiary/aromatic N) is 2. The molecule has 0 amide bonds. The lowest BCUT2D eigenvalue weighted by Gasteiger charge is -2.13. The van der Waals surface area contributed by atoms with Crippen LogP contribution in [0.25, 0.3) is 16.6 Å². The first-order chi connectivity index (χ1) is 13.1. The Bertz CT molecular complexity index is 1190. The molecule has 4 aromatic rings. The van der Waals surface area contributed by atoms with Crippen LogP contribution in [0.1, 0.15) is 5.56 Å². The molecule has 1 heterocycles. The zero-order valence-corrected chi connectivity index (χ0v) is 14.3. The van der Waals surface area contributed by atoms with Gasteiger partial charge in [-0.2, -0.15) is 0 Å². The minimum absolute atomic E-state index is 0.102. The van der Waals surface area contributed by atoms with Crippen molar-refractivity contribution in [2.75, 3.05) is 0 Å². The van der Waals surface area contributed by atoms with E-state index in [9.17, 15) is 15.0 Å². The number of aromatic hydroxyl groups is 2. The molecule has 0 aliphatic heterocycles. The maximum absolute atomic E-state index is 13.2. The van der Waals surface area contributed by atoms with Crippen LogP contribution < -0.4 is 5.56 Å². The number of rotatable bonds is 3. The number of hydrogen-bond acceptors (Lipinski definition) is 4. The lowest BCUT2D eigenvalue weighted by atomic mass is 10.1. The molecule has 0 atom stereocenters. The third-order valence-corrected chi connectivity index (χ3v) is 4.30. The average Bonchev–Trinajstić information content (AvgIpc) is 2.70. The number of aromatic nitrogens is 1. The highest BCUT2D eigenvalue weighted by Gasteiger charge is 2.15. The van der Waals surface area contributed by atoms with E-state index in [2.05, 4.69) is 4.99 Å². The Morgan fingerprint density at radius 3 is 2.22 bits per heavy atom. The zero-order chi connectivity index (χ0) is 18.8. The molecule has 132 valence electrons. The van der Waals surface area contributed by atoms with Gasteiger partial charge in [0.25, 0.3) is 5.56 Å². The molecule has 0 bridgehead atoms. The minimum Gasteiger partial charge on any atom is -0.508 e. The molecule has 1 aromatic heterocycles. The smallest absolute Gasteiger partial charge is 0.268 e. The second-order valence-electron chi connectivity index (χ2n) is 6.03. The van der Waals surface area contributed by atoms with Crippen LogP contribution in [-0.4, -0.2) is 21.0 Å². The van der Waals surface area contributed by atoms with Gasteiger partial charge in [0.2, 0.25) is 0 Å². The normalized spacial score (nSPS) is 11.3. The van der Waals surface area contributed by atoms with Crippen molar-refractivity contribution in [2.24, 2.45) is 4.99 Å². The van der Waals surface area contributed by atoms with Gasteiger partial charge >= 0.3 is 0 Å². The lowest BCUT2D eigenvalue weighted by Crippen LogP contribution is -2.22. The fraction of sp³-hybridized carbons (Fsp3) is 0. The van der Waals surface area contributed by atoms with Crippen molar-refractivity contribution in [3.8, 4) is 17.2 Å². The Kier molecular flexibility index (Phi) is 4.18. The van der Waals surface area contributed by atoms with Crippen LogP contribution in [0.4, 0.5) is 5.69 Å². The molecule has 0 saturated heterocycles. The number of aliphatic imine (C=N–C) groups is 1. The molecule has 0 radical (unpaired) electrons. The molecule has 0 fully saturated rings. The molecule has 3 aromatic carbocycles. The van der Waals surface area contributed by atoms with Gasteiger partial charge in [-0.05, 0) is 48.5 Å². The first-order valence-electron chi connectivity index (χ1n) is 8.40. The third-order valence-electron chi connectivity index (χ3n) is 4.30. The van der Waals surface area contributed by atoms with E-state index in [1.54, 1.807) is 28.8 Å². The van der Waals surface area contributed by atoms with Gasteiger partial charge in [-0.3, -0.25) is 14.4 Å². The number of para-hydroxylation sites is 2. The third kappa shape index (κ3) is 3.06. The molecule has 4 rings (SSSR count). The average molecular weight is 356 g/mol. The van der Waals surface area contributed by atoms with Crippen LogP contribution in [0.3, 0.4) is 0 Å². The maximum Gasteiger partial charge on any atom is 0.268 e. The molecule has 0 spiro atoms. The van der Waals surface area contributed by atoms with E-state index < -0.39 is 0 Å². The van der Waals surface area contributed by atoms with E-state index in [4.69, 9.17) is 0 Å². The van der Waals surface area contributed by atoms with Crippen molar-refractivity contribution in [1.29, 1.82) is 0 Å². The topological polar surface area (TPSA) is 74.8 Å². The molecule has 27 heavy (non-hydrogen) atoms. The molecular formula is C22H16N2O3. The maximum atomic E-state index is 13.2. The number of hydrogen-bond donors (Lipinski definition) is 2. The monoisotopic (exact) mass is 356 g/mol. The summed E-state index contributed by atoms with van der Waals surface area (Å²) in [5.74, 6) is 0.0271. The Hall–Kier alpha value is -3.86. The quantitative estimate of drug-likeness (QED) is 0.542. The Balaban J connectivity index is 1.96. The van der Waals surface area contributed by atoms with Crippen molar-refractivity contribution in [2.45, 2.75) is 0 Å². The highest BCUT2D eigenvalue weighted by molar-refractivity contribution is 5.96. The SMILES string of the molecule is O=c1c(C=Nc2ccc(O)cc2)c(O)c2ccccc2n1-c1ccccc1.